The van der Waals surface area contributed by atoms with Crippen LogP contribution in [0.2, 0.25) is 0 Å². The van der Waals surface area contributed by atoms with Crippen molar-refractivity contribution < 1.29 is 19.1 Å². The average molecular weight is 420 g/mol. The van der Waals surface area contributed by atoms with Crippen molar-refractivity contribution in [3.05, 3.63) is 82.2 Å². The first-order valence-corrected chi connectivity index (χ1v) is 10.3. The minimum Gasteiger partial charge on any atom is -0.469 e. The first-order chi connectivity index (χ1) is 15.1. The fraction of sp³-hybridized carbons (Fsp3) is 0.391. The summed E-state index contributed by atoms with van der Waals surface area (Å²) < 4.78 is 10.8. The summed E-state index contributed by atoms with van der Waals surface area (Å²) in [6, 6.07) is 17.5. The number of hydrogen-bond donors (Lipinski definition) is 0. The molecule has 2 aliphatic rings. The second-order valence-corrected chi connectivity index (χ2v) is 7.87. The first-order valence-electron chi connectivity index (χ1n) is 10.3. The van der Waals surface area contributed by atoms with Gasteiger partial charge < -0.3 is 9.47 Å². The van der Waals surface area contributed by atoms with Crippen molar-refractivity contribution in [2.45, 2.75) is 43.5 Å². The highest BCUT2D eigenvalue weighted by molar-refractivity contribution is 5.82. The van der Waals surface area contributed by atoms with Crippen LogP contribution in [-0.2, 0) is 14.3 Å². The molecule has 2 aromatic rings. The van der Waals surface area contributed by atoms with Crippen LogP contribution in [0.15, 0.2) is 65.8 Å². The fourth-order valence-electron chi connectivity index (χ4n) is 4.88. The quantitative estimate of drug-likeness (QED) is 0.274. The summed E-state index contributed by atoms with van der Waals surface area (Å²) in [6.07, 6.45) is 0.161. The number of carbonyl (C=O) groups excluding carboxylic acids is 2. The second kappa shape index (κ2) is 8.32. The number of cyclic esters (lactones) is 1. The highest BCUT2D eigenvalue weighted by Gasteiger charge is 2.69. The standard InChI is InChI=1S/C23H24N4O4/c1-3-17-14-23(17,20(25-26-24)21(28)30-2)27-18(15-10-6-4-7-11-15)19(31-22(27)29)16-12-8-5-9-13-16/h4-13,17-20H,3,14H2,1-2H3/t17-,18-,19+,20-,23-/m1/s1. The summed E-state index contributed by atoms with van der Waals surface area (Å²) in [5, 5.41) is 3.79. The van der Waals surface area contributed by atoms with Crippen LogP contribution in [0, 0.1) is 5.92 Å². The second-order valence-electron chi connectivity index (χ2n) is 7.87. The summed E-state index contributed by atoms with van der Waals surface area (Å²) in [4.78, 5) is 30.5. The lowest BCUT2D eigenvalue weighted by molar-refractivity contribution is -0.144. The molecule has 0 spiro atoms. The fourth-order valence-corrected chi connectivity index (χ4v) is 4.88. The molecule has 5 atom stereocenters. The predicted molar refractivity (Wildman–Crippen MR) is 113 cm³/mol. The monoisotopic (exact) mass is 420 g/mol. The smallest absolute Gasteiger partial charge is 0.411 e. The number of ether oxygens (including phenoxy) is 2. The molecule has 0 bridgehead atoms. The molecule has 8 nitrogen and oxygen atoms in total. The molecule has 160 valence electrons. The van der Waals surface area contributed by atoms with Gasteiger partial charge >= 0.3 is 12.1 Å². The van der Waals surface area contributed by atoms with E-state index in [-0.39, 0.29) is 5.92 Å². The molecule has 0 aromatic heterocycles. The Kier molecular flexibility index (Phi) is 5.57. The number of rotatable bonds is 7. The van der Waals surface area contributed by atoms with E-state index in [1.807, 2.05) is 67.6 Å². The van der Waals surface area contributed by atoms with Crippen LogP contribution >= 0.6 is 0 Å². The molecule has 1 aliphatic carbocycles. The Labute approximate surface area is 180 Å². The number of carbonyl (C=O) groups is 2. The van der Waals surface area contributed by atoms with Gasteiger partial charge in [0.05, 0.1) is 12.6 Å². The molecule has 1 saturated carbocycles. The van der Waals surface area contributed by atoms with E-state index in [2.05, 4.69) is 10.0 Å². The van der Waals surface area contributed by atoms with E-state index in [1.54, 1.807) is 4.90 Å². The van der Waals surface area contributed by atoms with E-state index in [0.29, 0.717) is 6.42 Å². The average Bonchev–Trinajstić information content (AvgIpc) is 3.44. The molecule has 1 aliphatic heterocycles. The van der Waals surface area contributed by atoms with Gasteiger partial charge in [0.2, 0.25) is 0 Å². The molecule has 0 unspecified atom stereocenters. The van der Waals surface area contributed by atoms with Crippen molar-refractivity contribution in [2.24, 2.45) is 11.0 Å². The summed E-state index contributed by atoms with van der Waals surface area (Å²) in [6.45, 7) is 1.99. The van der Waals surface area contributed by atoms with Gasteiger partial charge in [-0.25, -0.2) is 4.79 Å². The maximum Gasteiger partial charge on any atom is 0.411 e. The van der Waals surface area contributed by atoms with Gasteiger partial charge in [0.1, 0.15) is 6.04 Å². The Bertz CT molecular complexity index is 1010. The lowest BCUT2D eigenvalue weighted by Crippen LogP contribution is -2.52. The van der Waals surface area contributed by atoms with Crippen molar-refractivity contribution in [1.29, 1.82) is 0 Å². The van der Waals surface area contributed by atoms with Crippen molar-refractivity contribution in [3.63, 3.8) is 0 Å². The Hall–Kier alpha value is -3.51. The van der Waals surface area contributed by atoms with E-state index < -0.39 is 35.8 Å². The van der Waals surface area contributed by atoms with Crippen LogP contribution in [-0.4, -0.2) is 35.7 Å². The Morgan fingerprint density at radius 3 is 2.35 bits per heavy atom. The zero-order valence-electron chi connectivity index (χ0n) is 17.4. The van der Waals surface area contributed by atoms with Gasteiger partial charge in [-0.15, -0.1) is 0 Å². The topological polar surface area (TPSA) is 105 Å². The maximum atomic E-state index is 13.3. The highest BCUT2D eigenvalue weighted by atomic mass is 16.6. The molecule has 2 fully saturated rings. The van der Waals surface area contributed by atoms with Crippen LogP contribution in [0.3, 0.4) is 0 Å². The Balaban J connectivity index is 1.87. The highest BCUT2D eigenvalue weighted by Crippen LogP contribution is 2.60. The third kappa shape index (κ3) is 3.39. The van der Waals surface area contributed by atoms with Gasteiger partial charge in [0, 0.05) is 4.91 Å². The molecule has 0 N–H and O–H groups in total. The summed E-state index contributed by atoms with van der Waals surface area (Å²) in [5.74, 6) is -0.674. The van der Waals surface area contributed by atoms with E-state index in [4.69, 9.17) is 15.0 Å². The van der Waals surface area contributed by atoms with Gasteiger partial charge in [-0.2, -0.15) is 0 Å². The van der Waals surface area contributed by atoms with Gasteiger partial charge in [-0.1, -0.05) is 79.1 Å². The lowest BCUT2D eigenvalue weighted by atomic mass is 9.91. The SMILES string of the molecule is CC[C@@H]1C[C@@]1([C@H](N=[N+]=[N-])C(=O)OC)N1C(=O)O[C@@H](c2ccccc2)[C@H]1c1ccccc1. The van der Waals surface area contributed by atoms with E-state index in [1.165, 1.54) is 7.11 Å². The van der Waals surface area contributed by atoms with Crippen LogP contribution in [0.5, 0.6) is 0 Å². The molecule has 2 aromatic carbocycles. The van der Waals surface area contributed by atoms with E-state index in [0.717, 1.165) is 17.5 Å². The molecule has 8 heteroatoms. The molecular formula is C23H24N4O4. The van der Waals surface area contributed by atoms with Gasteiger partial charge in [0.25, 0.3) is 0 Å². The van der Waals surface area contributed by atoms with Crippen LogP contribution in [0.4, 0.5) is 4.79 Å². The van der Waals surface area contributed by atoms with Gasteiger partial charge in [0.15, 0.2) is 12.1 Å². The van der Waals surface area contributed by atoms with E-state index >= 15 is 0 Å². The first kappa shape index (κ1) is 20.8. The molecule has 31 heavy (non-hydrogen) atoms. The van der Waals surface area contributed by atoms with Crippen molar-refractivity contribution in [3.8, 4) is 0 Å². The molecular weight excluding hydrogens is 396 g/mol. The number of esters is 1. The zero-order chi connectivity index (χ0) is 22.0. The maximum absolute atomic E-state index is 13.3. The number of methoxy groups -OCH3 is 1. The van der Waals surface area contributed by atoms with Crippen LogP contribution in [0.1, 0.15) is 43.0 Å². The molecule has 1 heterocycles. The largest absolute Gasteiger partial charge is 0.469 e. The Morgan fingerprint density at radius 1 is 1.23 bits per heavy atom. The van der Waals surface area contributed by atoms with Crippen LogP contribution in [0.25, 0.3) is 10.4 Å². The van der Waals surface area contributed by atoms with E-state index in [9.17, 15) is 9.59 Å². The molecule has 4 rings (SSSR count). The number of amides is 1. The molecule has 1 amide bonds. The number of benzene rings is 2. The minimum atomic E-state index is -1.15. The summed E-state index contributed by atoms with van der Waals surface area (Å²) in [5.41, 5.74) is 9.92. The molecule has 1 saturated heterocycles. The minimum absolute atomic E-state index is 0.0182. The summed E-state index contributed by atoms with van der Waals surface area (Å²) in [7, 11) is 1.25. The van der Waals surface area contributed by atoms with Crippen molar-refractivity contribution in [2.75, 3.05) is 7.11 Å². The van der Waals surface area contributed by atoms with Gasteiger partial charge in [-0.3, -0.25) is 9.69 Å². The van der Waals surface area contributed by atoms with Crippen molar-refractivity contribution in [1.82, 2.24) is 4.90 Å². The number of nitrogens with zero attached hydrogens (tertiary/aromatic N) is 4. The number of hydrogen-bond acceptors (Lipinski definition) is 5. The Morgan fingerprint density at radius 2 is 1.84 bits per heavy atom. The number of azide groups is 1. The predicted octanol–water partition coefficient (Wildman–Crippen LogP) is 4.94. The normalized spacial score (nSPS) is 27.7. The lowest BCUT2D eigenvalue weighted by Gasteiger charge is -2.36. The van der Waals surface area contributed by atoms with Gasteiger partial charge in [-0.05, 0) is 29.0 Å². The summed E-state index contributed by atoms with van der Waals surface area (Å²) >= 11 is 0. The van der Waals surface area contributed by atoms with Crippen molar-refractivity contribution >= 4 is 12.1 Å². The third-order valence-corrected chi connectivity index (χ3v) is 6.39. The zero-order valence-corrected chi connectivity index (χ0v) is 17.4. The van der Waals surface area contributed by atoms with Crippen LogP contribution < -0.4 is 0 Å². The third-order valence-electron chi connectivity index (χ3n) is 6.39. The molecule has 0 radical (unpaired) electrons.